The van der Waals surface area contributed by atoms with Gasteiger partial charge >= 0.3 is 0 Å². The molecule has 4 rings (SSSR count). The molecule has 0 amide bonds. The first-order valence-corrected chi connectivity index (χ1v) is 16.1. The Bertz CT molecular complexity index is 1040. The summed E-state index contributed by atoms with van der Waals surface area (Å²) in [4.78, 5) is 0.377. The van der Waals surface area contributed by atoms with Gasteiger partial charge in [0.05, 0.1) is 11.0 Å². The number of fused-ring (bicyclic) bond motifs is 1. The quantitative estimate of drug-likeness (QED) is 0.521. The van der Waals surface area contributed by atoms with Crippen LogP contribution in [0.15, 0.2) is 47.4 Å². The lowest BCUT2D eigenvalue weighted by molar-refractivity contribution is 0.139. The van der Waals surface area contributed by atoms with Crippen LogP contribution in [0.25, 0.3) is 0 Å². The highest BCUT2D eigenvalue weighted by molar-refractivity contribution is 7.89. The highest BCUT2D eigenvalue weighted by Gasteiger charge is 2.32. The summed E-state index contributed by atoms with van der Waals surface area (Å²) in [6, 6.07) is 13.2. The molecule has 6 nitrogen and oxygen atoms in total. The average molecular weight is 476 g/mol. The zero-order valence-corrected chi connectivity index (χ0v) is 21.2. The van der Waals surface area contributed by atoms with Crippen molar-refractivity contribution < 1.29 is 22.3 Å². The fourth-order valence-corrected chi connectivity index (χ4v) is 6.90. The second-order valence-electron chi connectivity index (χ2n) is 9.73. The third kappa shape index (κ3) is 5.36. The van der Waals surface area contributed by atoms with E-state index in [0.717, 1.165) is 41.9 Å². The zero-order chi connectivity index (χ0) is 22.9. The minimum Gasteiger partial charge on any atom is -0.454 e. The van der Waals surface area contributed by atoms with Crippen molar-refractivity contribution in [2.75, 3.05) is 19.9 Å². The summed E-state index contributed by atoms with van der Waals surface area (Å²) in [5.74, 6) is 1.95. The summed E-state index contributed by atoms with van der Waals surface area (Å²) in [6.07, 6.45) is 2.52. The van der Waals surface area contributed by atoms with Gasteiger partial charge in [0.1, 0.15) is 0 Å². The molecule has 2 aliphatic heterocycles. The van der Waals surface area contributed by atoms with Crippen LogP contribution in [-0.2, 0) is 14.4 Å². The third-order valence-electron chi connectivity index (χ3n) is 6.04. The fourth-order valence-electron chi connectivity index (χ4n) is 4.34. The molecule has 0 N–H and O–H groups in total. The molecule has 0 spiro atoms. The molecular weight excluding hydrogens is 442 g/mol. The predicted molar refractivity (Wildman–Crippen MR) is 127 cm³/mol. The first kappa shape index (κ1) is 23.3. The highest BCUT2D eigenvalue weighted by atomic mass is 32.2. The minimum atomic E-state index is -3.44. The van der Waals surface area contributed by atoms with Crippen molar-refractivity contribution in [2.45, 2.75) is 56.8 Å². The number of benzene rings is 2. The summed E-state index contributed by atoms with van der Waals surface area (Å²) in [6.45, 7) is 9.90. The van der Waals surface area contributed by atoms with Crippen molar-refractivity contribution >= 4 is 18.3 Å². The van der Waals surface area contributed by atoms with Crippen molar-refractivity contribution in [3.63, 3.8) is 0 Å². The Kier molecular flexibility index (Phi) is 6.67. The summed E-state index contributed by atoms with van der Waals surface area (Å²) in [5.41, 5.74) is 2.16. The monoisotopic (exact) mass is 475 g/mol. The highest BCUT2D eigenvalue weighted by Crippen LogP contribution is 2.39. The molecule has 2 heterocycles. The predicted octanol–water partition coefficient (Wildman–Crippen LogP) is 5.11. The molecule has 2 aromatic rings. The van der Waals surface area contributed by atoms with Gasteiger partial charge in [-0.05, 0) is 81.6 Å². The van der Waals surface area contributed by atoms with Crippen LogP contribution in [0.1, 0.15) is 36.5 Å². The number of hydrogen-bond acceptors (Lipinski definition) is 5. The number of ether oxygens (including phenoxy) is 2. The summed E-state index contributed by atoms with van der Waals surface area (Å²) < 4.78 is 45.3. The van der Waals surface area contributed by atoms with E-state index in [1.807, 2.05) is 31.2 Å². The molecule has 0 aliphatic carbocycles. The molecule has 1 atom stereocenters. The van der Waals surface area contributed by atoms with Crippen molar-refractivity contribution in [2.24, 2.45) is 5.92 Å². The first-order valence-electron chi connectivity index (χ1n) is 11.3. The molecule has 8 heteroatoms. The molecule has 0 unspecified atom stereocenters. The molecule has 2 aliphatic rings. The smallest absolute Gasteiger partial charge is 0.243 e. The van der Waals surface area contributed by atoms with E-state index in [1.54, 1.807) is 16.4 Å². The lowest BCUT2D eigenvalue weighted by atomic mass is 9.89. The molecule has 0 aromatic heterocycles. The maximum atomic E-state index is 13.0. The maximum Gasteiger partial charge on any atom is 0.243 e. The Morgan fingerprint density at radius 2 is 1.69 bits per heavy atom. The number of hydrogen-bond donors (Lipinski definition) is 0. The second-order valence-corrected chi connectivity index (χ2v) is 16.1. The minimum absolute atomic E-state index is 0.0265. The van der Waals surface area contributed by atoms with Gasteiger partial charge in [-0.1, -0.05) is 23.8 Å². The Labute approximate surface area is 192 Å². The Balaban J connectivity index is 1.44. The topological polar surface area (TPSA) is 65.1 Å². The van der Waals surface area contributed by atoms with Crippen LogP contribution in [0, 0.1) is 12.8 Å². The molecule has 32 heavy (non-hydrogen) atoms. The van der Waals surface area contributed by atoms with Gasteiger partial charge in [0.25, 0.3) is 0 Å². The zero-order valence-electron chi connectivity index (χ0n) is 19.3. The standard InChI is InChI=1S/C24H33NO5SSi/c1-18-5-8-21(9-6-18)31(26,27)25-13-11-19(12-14-25)15-23(30-32(2,3)4)20-7-10-22-24(16-20)29-17-28-22/h5-10,16,19,23H,11-15,17H2,1-4H3/t23-/m1/s1. The largest absolute Gasteiger partial charge is 0.454 e. The molecule has 0 bridgehead atoms. The molecule has 174 valence electrons. The fraction of sp³-hybridized carbons (Fsp3) is 0.500. The molecule has 2 aromatic carbocycles. The first-order chi connectivity index (χ1) is 15.1. The van der Waals surface area contributed by atoms with E-state index >= 15 is 0 Å². The Morgan fingerprint density at radius 3 is 2.34 bits per heavy atom. The number of sulfonamides is 1. The van der Waals surface area contributed by atoms with Crippen LogP contribution < -0.4 is 9.47 Å². The molecule has 0 saturated carbocycles. The van der Waals surface area contributed by atoms with Crippen molar-refractivity contribution in [1.29, 1.82) is 0 Å². The van der Waals surface area contributed by atoms with E-state index in [-0.39, 0.29) is 12.9 Å². The lowest BCUT2D eigenvalue weighted by Crippen LogP contribution is -2.39. The summed E-state index contributed by atoms with van der Waals surface area (Å²) in [7, 11) is -5.22. The van der Waals surface area contributed by atoms with Crippen molar-refractivity contribution in [3.8, 4) is 11.5 Å². The van der Waals surface area contributed by atoms with Gasteiger partial charge in [0.2, 0.25) is 16.8 Å². The number of nitrogens with zero attached hydrogens (tertiary/aromatic N) is 1. The SMILES string of the molecule is Cc1ccc(S(=O)(=O)N2CCC(C[C@@H](O[Si](C)(C)C)c3ccc4c(c3)OCO4)CC2)cc1. The van der Waals surface area contributed by atoms with Crippen LogP contribution in [0.2, 0.25) is 19.6 Å². The Hall–Kier alpha value is -1.87. The van der Waals surface area contributed by atoms with Crippen LogP contribution in [0.5, 0.6) is 11.5 Å². The molecule has 0 radical (unpaired) electrons. The van der Waals surface area contributed by atoms with Crippen LogP contribution in [0.4, 0.5) is 0 Å². The van der Waals surface area contributed by atoms with Gasteiger partial charge in [-0.25, -0.2) is 8.42 Å². The number of rotatable bonds is 7. The average Bonchev–Trinajstić information content (AvgIpc) is 3.21. The van der Waals surface area contributed by atoms with Crippen molar-refractivity contribution in [1.82, 2.24) is 4.31 Å². The Morgan fingerprint density at radius 1 is 1.03 bits per heavy atom. The van der Waals surface area contributed by atoms with E-state index in [4.69, 9.17) is 13.9 Å². The van der Waals surface area contributed by atoms with E-state index in [9.17, 15) is 8.42 Å². The normalized spacial score (nSPS) is 18.6. The summed E-state index contributed by atoms with van der Waals surface area (Å²) >= 11 is 0. The van der Waals surface area contributed by atoms with Crippen LogP contribution >= 0.6 is 0 Å². The van der Waals surface area contributed by atoms with Gasteiger partial charge in [-0.15, -0.1) is 0 Å². The second kappa shape index (κ2) is 9.17. The van der Waals surface area contributed by atoms with E-state index in [0.29, 0.717) is 23.9 Å². The van der Waals surface area contributed by atoms with Gasteiger partial charge in [0.15, 0.2) is 19.8 Å². The summed E-state index contributed by atoms with van der Waals surface area (Å²) in [5, 5.41) is 0. The van der Waals surface area contributed by atoms with Gasteiger partial charge in [-0.3, -0.25) is 0 Å². The lowest BCUT2D eigenvalue weighted by Gasteiger charge is -2.35. The van der Waals surface area contributed by atoms with E-state index in [1.165, 1.54) is 0 Å². The van der Waals surface area contributed by atoms with Gasteiger partial charge < -0.3 is 13.9 Å². The number of piperidine rings is 1. The molecule has 1 fully saturated rings. The maximum absolute atomic E-state index is 13.0. The molecule has 1 saturated heterocycles. The third-order valence-corrected chi connectivity index (χ3v) is 8.95. The van der Waals surface area contributed by atoms with Gasteiger partial charge in [-0.2, -0.15) is 4.31 Å². The van der Waals surface area contributed by atoms with Gasteiger partial charge in [0, 0.05) is 13.1 Å². The van der Waals surface area contributed by atoms with E-state index < -0.39 is 18.3 Å². The van der Waals surface area contributed by atoms with E-state index in [2.05, 4.69) is 25.7 Å². The van der Waals surface area contributed by atoms with Crippen LogP contribution in [-0.4, -0.2) is 40.9 Å². The molecular formula is C24H33NO5SSi. The van der Waals surface area contributed by atoms with Crippen molar-refractivity contribution in [3.05, 3.63) is 53.6 Å². The van der Waals surface area contributed by atoms with Crippen LogP contribution in [0.3, 0.4) is 0 Å². The number of aryl methyl sites for hydroxylation is 1.